The Balaban J connectivity index is 2.00. The molecular weight excluding hydrogens is 166 g/mol. The lowest BCUT2D eigenvalue weighted by Gasteiger charge is -2.52. The van der Waals surface area contributed by atoms with Crippen LogP contribution in [0.15, 0.2) is 0 Å². The van der Waals surface area contributed by atoms with E-state index in [2.05, 4.69) is 0 Å². The Bertz CT molecular complexity index is 171. The standard InChI is InChI=1S/C7H10ClNO2/c8-2-7(10)9-5-1-6(9)4-11-3-5/h5-6H,1-4H2/t5-,6-/m1/s1. The maximum atomic E-state index is 11.1. The van der Waals surface area contributed by atoms with Crippen LogP contribution in [0.1, 0.15) is 6.42 Å². The van der Waals surface area contributed by atoms with Crippen LogP contribution in [0, 0.1) is 0 Å². The van der Waals surface area contributed by atoms with Gasteiger partial charge in [0, 0.05) is 0 Å². The summed E-state index contributed by atoms with van der Waals surface area (Å²) in [6.45, 7) is 1.39. The molecule has 62 valence electrons. The van der Waals surface area contributed by atoms with Crippen molar-refractivity contribution in [2.45, 2.75) is 18.5 Å². The number of alkyl halides is 1. The van der Waals surface area contributed by atoms with Crippen LogP contribution in [-0.4, -0.2) is 42.0 Å². The number of rotatable bonds is 1. The molecule has 0 aromatic rings. The number of carbonyl (C=O) groups is 1. The fourth-order valence-electron chi connectivity index (χ4n) is 1.81. The number of fused-ring (bicyclic) bond motifs is 2. The van der Waals surface area contributed by atoms with Crippen LogP contribution in [-0.2, 0) is 9.53 Å². The summed E-state index contributed by atoms with van der Waals surface area (Å²) in [7, 11) is 0. The van der Waals surface area contributed by atoms with E-state index in [1.54, 1.807) is 0 Å². The van der Waals surface area contributed by atoms with Crippen molar-refractivity contribution in [1.29, 1.82) is 0 Å². The van der Waals surface area contributed by atoms with Crippen LogP contribution in [0.3, 0.4) is 0 Å². The smallest absolute Gasteiger partial charge is 0.238 e. The minimum atomic E-state index is 0.0521. The van der Waals surface area contributed by atoms with Gasteiger partial charge in [-0.05, 0) is 6.42 Å². The van der Waals surface area contributed by atoms with Crippen molar-refractivity contribution >= 4 is 17.5 Å². The summed E-state index contributed by atoms with van der Waals surface area (Å²) in [6, 6.07) is 0.639. The number of ether oxygens (including phenoxy) is 1. The molecule has 0 unspecified atom stereocenters. The first-order chi connectivity index (χ1) is 5.33. The minimum absolute atomic E-state index is 0.0521. The molecule has 3 aliphatic rings. The van der Waals surface area contributed by atoms with Gasteiger partial charge in [0.25, 0.3) is 0 Å². The van der Waals surface area contributed by atoms with Crippen molar-refractivity contribution < 1.29 is 9.53 Å². The Morgan fingerprint density at radius 1 is 1.55 bits per heavy atom. The van der Waals surface area contributed by atoms with Gasteiger partial charge < -0.3 is 9.64 Å². The van der Waals surface area contributed by atoms with Crippen LogP contribution >= 0.6 is 11.6 Å². The zero-order chi connectivity index (χ0) is 7.84. The van der Waals surface area contributed by atoms with Gasteiger partial charge in [0.1, 0.15) is 5.88 Å². The van der Waals surface area contributed by atoms with E-state index in [1.807, 2.05) is 4.90 Å². The molecule has 4 heteroatoms. The van der Waals surface area contributed by atoms with Crippen molar-refractivity contribution in [3.63, 3.8) is 0 Å². The fraction of sp³-hybridized carbons (Fsp3) is 0.857. The molecule has 2 atom stereocenters. The van der Waals surface area contributed by atoms with Crippen LogP contribution in [0.5, 0.6) is 0 Å². The zero-order valence-corrected chi connectivity index (χ0v) is 6.88. The average Bonchev–Trinajstić information content (AvgIpc) is 2.05. The molecule has 0 N–H and O–H groups in total. The number of halogens is 1. The molecule has 0 aliphatic carbocycles. The van der Waals surface area contributed by atoms with Gasteiger partial charge in [0.05, 0.1) is 25.3 Å². The van der Waals surface area contributed by atoms with Crippen molar-refractivity contribution in [3.05, 3.63) is 0 Å². The highest BCUT2D eigenvalue weighted by molar-refractivity contribution is 6.27. The lowest BCUT2D eigenvalue weighted by Crippen LogP contribution is -2.65. The van der Waals surface area contributed by atoms with Crippen LogP contribution < -0.4 is 0 Å². The summed E-state index contributed by atoms with van der Waals surface area (Å²) < 4.78 is 5.22. The molecular formula is C7H10ClNO2. The van der Waals surface area contributed by atoms with E-state index in [1.165, 1.54) is 0 Å². The highest BCUT2D eigenvalue weighted by atomic mass is 35.5. The molecule has 3 heterocycles. The van der Waals surface area contributed by atoms with Gasteiger partial charge in [-0.15, -0.1) is 11.6 Å². The van der Waals surface area contributed by atoms with Crippen LogP contribution in [0.25, 0.3) is 0 Å². The normalized spacial score (nSPS) is 34.8. The average molecular weight is 176 g/mol. The number of morpholine rings is 1. The van der Waals surface area contributed by atoms with E-state index in [0.717, 1.165) is 6.42 Å². The Morgan fingerprint density at radius 3 is 2.64 bits per heavy atom. The molecule has 0 spiro atoms. The monoisotopic (exact) mass is 175 g/mol. The van der Waals surface area contributed by atoms with Crippen molar-refractivity contribution in [3.8, 4) is 0 Å². The van der Waals surface area contributed by atoms with Gasteiger partial charge >= 0.3 is 0 Å². The molecule has 1 amide bonds. The first kappa shape index (κ1) is 7.37. The Labute approximate surface area is 70.3 Å². The summed E-state index contributed by atoms with van der Waals surface area (Å²) in [5.41, 5.74) is 0. The van der Waals surface area contributed by atoms with Gasteiger partial charge in [-0.3, -0.25) is 4.79 Å². The van der Waals surface area contributed by atoms with E-state index in [-0.39, 0.29) is 11.8 Å². The third kappa shape index (κ3) is 1.03. The largest absolute Gasteiger partial charge is 0.377 e. The second-order valence-electron chi connectivity index (χ2n) is 3.02. The maximum absolute atomic E-state index is 11.1. The predicted molar refractivity (Wildman–Crippen MR) is 40.6 cm³/mol. The molecule has 3 aliphatic heterocycles. The summed E-state index contributed by atoms with van der Waals surface area (Å²) in [5.74, 6) is 0.156. The quantitative estimate of drug-likeness (QED) is 0.534. The van der Waals surface area contributed by atoms with Crippen LogP contribution in [0.4, 0.5) is 0 Å². The van der Waals surface area contributed by atoms with E-state index >= 15 is 0 Å². The molecule has 3 nitrogen and oxygen atoms in total. The Hall–Kier alpha value is -0.280. The van der Waals surface area contributed by atoms with Crippen molar-refractivity contribution in [1.82, 2.24) is 4.90 Å². The molecule has 3 fully saturated rings. The molecule has 0 radical (unpaired) electrons. The molecule has 3 saturated heterocycles. The Kier molecular flexibility index (Phi) is 1.77. The number of amides is 1. The lowest BCUT2D eigenvalue weighted by molar-refractivity contribution is -0.164. The molecule has 11 heavy (non-hydrogen) atoms. The Morgan fingerprint density at radius 2 is 2.18 bits per heavy atom. The fourth-order valence-corrected chi connectivity index (χ4v) is 1.95. The summed E-state index contributed by atoms with van der Waals surface area (Å²) in [4.78, 5) is 13.0. The highest BCUT2D eigenvalue weighted by Gasteiger charge is 2.44. The van der Waals surface area contributed by atoms with Crippen LogP contribution in [0.2, 0.25) is 0 Å². The summed E-state index contributed by atoms with van der Waals surface area (Å²) in [5, 5.41) is 0. The number of hydrogen-bond acceptors (Lipinski definition) is 2. The lowest BCUT2D eigenvalue weighted by atomic mass is 9.91. The maximum Gasteiger partial charge on any atom is 0.238 e. The van der Waals surface area contributed by atoms with E-state index in [0.29, 0.717) is 25.3 Å². The predicted octanol–water partition coefficient (Wildman–Crippen LogP) is 0.225. The van der Waals surface area contributed by atoms with Gasteiger partial charge in [-0.2, -0.15) is 0 Å². The van der Waals surface area contributed by atoms with E-state index in [9.17, 15) is 4.79 Å². The molecule has 0 aromatic carbocycles. The zero-order valence-electron chi connectivity index (χ0n) is 6.12. The highest BCUT2D eigenvalue weighted by Crippen LogP contribution is 2.30. The molecule has 0 saturated carbocycles. The van der Waals surface area contributed by atoms with Gasteiger partial charge in [0.15, 0.2) is 0 Å². The summed E-state index contributed by atoms with van der Waals surface area (Å²) >= 11 is 5.44. The minimum Gasteiger partial charge on any atom is -0.377 e. The third-order valence-electron chi connectivity index (χ3n) is 2.35. The first-order valence-corrected chi connectivity index (χ1v) is 4.31. The van der Waals surface area contributed by atoms with Crippen molar-refractivity contribution in [2.75, 3.05) is 19.1 Å². The van der Waals surface area contributed by atoms with Gasteiger partial charge in [0.2, 0.25) is 5.91 Å². The number of carbonyl (C=O) groups excluding carboxylic acids is 1. The SMILES string of the molecule is O=C(CCl)N1[C@H]2COC[C@H]1C2. The summed E-state index contributed by atoms with van der Waals surface area (Å²) in [6.07, 6.45) is 1.10. The molecule has 3 rings (SSSR count). The van der Waals surface area contributed by atoms with E-state index < -0.39 is 0 Å². The first-order valence-electron chi connectivity index (χ1n) is 3.78. The van der Waals surface area contributed by atoms with E-state index in [4.69, 9.17) is 16.3 Å². The topological polar surface area (TPSA) is 29.5 Å². The second-order valence-corrected chi connectivity index (χ2v) is 3.28. The second kappa shape index (κ2) is 2.64. The van der Waals surface area contributed by atoms with Gasteiger partial charge in [-0.25, -0.2) is 0 Å². The number of nitrogens with zero attached hydrogens (tertiary/aromatic N) is 1. The third-order valence-corrected chi connectivity index (χ3v) is 2.58. The van der Waals surface area contributed by atoms with Gasteiger partial charge in [-0.1, -0.05) is 0 Å². The molecule has 0 aromatic heterocycles. The van der Waals surface area contributed by atoms with Crippen molar-refractivity contribution in [2.24, 2.45) is 0 Å². The molecule has 2 bridgehead atoms. The number of hydrogen-bond donors (Lipinski definition) is 0.